The molecule has 0 bridgehead atoms. The van der Waals surface area contributed by atoms with Crippen molar-refractivity contribution in [1.82, 2.24) is 9.80 Å². The first kappa shape index (κ1) is 10.4. The third-order valence-corrected chi connectivity index (χ3v) is 4.10. The Kier molecular flexibility index (Phi) is 3.45. The molecule has 2 saturated heterocycles. The molecule has 0 amide bonds. The summed E-state index contributed by atoms with van der Waals surface area (Å²) in [5.74, 6) is 0.995. The molecule has 0 aromatic rings. The van der Waals surface area contributed by atoms with Crippen LogP contribution in [0.3, 0.4) is 0 Å². The molecule has 1 atom stereocenters. The Labute approximate surface area is 88.3 Å². The van der Waals surface area contributed by atoms with Crippen molar-refractivity contribution in [3.05, 3.63) is 0 Å². The Morgan fingerprint density at radius 1 is 1.07 bits per heavy atom. The van der Waals surface area contributed by atoms with Crippen molar-refractivity contribution in [2.45, 2.75) is 38.6 Å². The van der Waals surface area contributed by atoms with E-state index in [1.165, 1.54) is 51.9 Å². The van der Waals surface area contributed by atoms with E-state index in [9.17, 15) is 0 Å². The molecule has 0 aromatic carbocycles. The van der Waals surface area contributed by atoms with Gasteiger partial charge in [-0.05, 0) is 51.9 Å². The first-order chi connectivity index (χ1) is 6.79. The van der Waals surface area contributed by atoms with Crippen LogP contribution in [-0.2, 0) is 0 Å². The van der Waals surface area contributed by atoms with Crippen molar-refractivity contribution in [1.29, 1.82) is 0 Å². The van der Waals surface area contributed by atoms with Crippen molar-refractivity contribution >= 4 is 0 Å². The molecule has 2 rings (SSSR count). The predicted octanol–water partition coefficient (Wildman–Crippen LogP) is 1.81. The highest BCUT2D eigenvalue weighted by molar-refractivity contribution is 4.84. The molecule has 14 heavy (non-hydrogen) atoms. The van der Waals surface area contributed by atoms with Gasteiger partial charge in [0, 0.05) is 12.6 Å². The number of hydrogen-bond acceptors (Lipinski definition) is 2. The molecule has 2 aliphatic heterocycles. The fourth-order valence-electron chi connectivity index (χ4n) is 2.89. The number of piperidine rings is 1. The molecular formula is C12H24N2. The van der Waals surface area contributed by atoms with Gasteiger partial charge in [-0.1, -0.05) is 13.3 Å². The van der Waals surface area contributed by atoms with Crippen molar-refractivity contribution < 1.29 is 0 Å². The van der Waals surface area contributed by atoms with E-state index >= 15 is 0 Å². The molecule has 1 unspecified atom stereocenters. The molecule has 82 valence electrons. The second-order valence-corrected chi connectivity index (χ2v) is 5.09. The van der Waals surface area contributed by atoms with Gasteiger partial charge in [0.2, 0.25) is 0 Å². The highest BCUT2D eigenvalue weighted by atomic mass is 15.2. The second-order valence-electron chi connectivity index (χ2n) is 5.09. The van der Waals surface area contributed by atoms with Gasteiger partial charge >= 0.3 is 0 Å². The van der Waals surface area contributed by atoms with E-state index in [-0.39, 0.29) is 0 Å². The minimum Gasteiger partial charge on any atom is -0.306 e. The SMILES string of the molecule is CCC1CCN(C2CCN(C)CC2)C1. The lowest BCUT2D eigenvalue weighted by Gasteiger charge is -2.35. The van der Waals surface area contributed by atoms with Gasteiger partial charge in [-0.15, -0.1) is 0 Å². The van der Waals surface area contributed by atoms with Gasteiger partial charge in [0.1, 0.15) is 0 Å². The Morgan fingerprint density at radius 3 is 2.36 bits per heavy atom. The zero-order valence-corrected chi connectivity index (χ0v) is 9.71. The Hall–Kier alpha value is -0.0800. The van der Waals surface area contributed by atoms with Gasteiger partial charge in [-0.3, -0.25) is 0 Å². The van der Waals surface area contributed by atoms with Crippen molar-refractivity contribution in [3.8, 4) is 0 Å². The fourth-order valence-corrected chi connectivity index (χ4v) is 2.89. The Morgan fingerprint density at radius 2 is 1.79 bits per heavy atom. The van der Waals surface area contributed by atoms with E-state index in [1.54, 1.807) is 0 Å². The summed E-state index contributed by atoms with van der Waals surface area (Å²) in [6.07, 6.45) is 5.62. The lowest BCUT2D eigenvalue weighted by molar-refractivity contribution is 0.139. The van der Waals surface area contributed by atoms with Gasteiger partial charge in [-0.2, -0.15) is 0 Å². The first-order valence-corrected chi connectivity index (χ1v) is 6.22. The summed E-state index contributed by atoms with van der Waals surface area (Å²) in [4.78, 5) is 5.21. The lowest BCUT2D eigenvalue weighted by atomic mass is 10.0. The Balaban J connectivity index is 1.79. The average Bonchev–Trinajstić information content (AvgIpc) is 2.67. The minimum absolute atomic E-state index is 0.905. The molecule has 0 aliphatic carbocycles. The number of hydrogen-bond donors (Lipinski definition) is 0. The highest BCUT2D eigenvalue weighted by Crippen LogP contribution is 2.25. The maximum absolute atomic E-state index is 2.75. The molecule has 2 heteroatoms. The summed E-state index contributed by atoms with van der Waals surface area (Å²) >= 11 is 0. The summed E-state index contributed by atoms with van der Waals surface area (Å²) in [6.45, 7) is 7.69. The molecule has 0 N–H and O–H groups in total. The van der Waals surface area contributed by atoms with Crippen LogP contribution in [0.1, 0.15) is 32.6 Å². The van der Waals surface area contributed by atoms with Crippen LogP contribution in [0.25, 0.3) is 0 Å². The van der Waals surface area contributed by atoms with Crippen LogP contribution in [0.2, 0.25) is 0 Å². The second kappa shape index (κ2) is 4.63. The quantitative estimate of drug-likeness (QED) is 0.664. The molecule has 2 nitrogen and oxygen atoms in total. The molecule has 0 aromatic heterocycles. The normalized spacial score (nSPS) is 32.6. The monoisotopic (exact) mass is 196 g/mol. The van der Waals surface area contributed by atoms with Crippen molar-refractivity contribution in [3.63, 3.8) is 0 Å². The summed E-state index contributed by atoms with van der Waals surface area (Å²) < 4.78 is 0. The average molecular weight is 196 g/mol. The molecule has 0 spiro atoms. The molecule has 2 heterocycles. The van der Waals surface area contributed by atoms with Crippen LogP contribution >= 0.6 is 0 Å². The van der Waals surface area contributed by atoms with Crippen LogP contribution in [0, 0.1) is 5.92 Å². The largest absolute Gasteiger partial charge is 0.306 e. The summed E-state index contributed by atoms with van der Waals surface area (Å²) in [7, 11) is 2.25. The van der Waals surface area contributed by atoms with Gasteiger partial charge in [-0.25, -0.2) is 0 Å². The van der Waals surface area contributed by atoms with Gasteiger partial charge in [0.25, 0.3) is 0 Å². The molecule has 0 saturated carbocycles. The predicted molar refractivity (Wildman–Crippen MR) is 60.5 cm³/mol. The van der Waals surface area contributed by atoms with Crippen LogP contribution in [0.5, 0.6) is 0 Å². The smallest absolute Gasteiger partial charge is 0.0120 e. The van der Waals surface area contributed by atoms with E-state index in [4.69, 9.17) is 0 Å². The molecule has 0 radical (unpaired) electrons. The topological polar surface area (TPSA) is 6.48 Å². The van der Waals surface area contributed by atoms with Crippen LogP contribution in [0.4, 0.5) is 0 Å². The van der Waals surface area contributed by atoms with Gasteiger partial charge in [0.05, 0.1) is 0 Å². The van der Waals surface area contributed by atoms with E-state index in [0.717, 1.165) is 12.0 Å². The van der Waals surface area contributed by atoms with E-state index < -0.39 is 0 Å². The molecular weight excluding hydrogens is 172 g/mol. The van der Waals surface area contributed by atoms with E-state index in [0.29, 0.717) is 0 Å². The van der Waals surface area contributed by atoms with Crippen LogP contribution in [-0.4, -0.2) is 49.1 Å². The lowest BCUT2D eigenvalue weighted by Crippen LogP contribution is -2.42. The third-order valence-electron chi connectivity index (χ3n) is 4.10. The van der Waals surface area contributed by atoms with E-state index in [2.05, 4.69) is 23.8 Å². The number of rotatable bonds is 2. The molecule has 2 aliphatic rings. The van der Waals surface area contributed by atoms with Crippen molar-refractivity contribution in [2.24, 2.45) is 5.92 Å². The maximum atomic E-state index is 2.75. The van der Waals surface area contributed by atoms with Crippen LogP contribution in [0.15, 0.2) is 0 Å². The highest BCUT2D eigenvalue weighted by Gasteiger charge is 2.28. The van der Waals surface area contributed by atoms with Crippen LogP contribution < -0.4 is 0 Å². The van der Waals surface area contributed by atoms with E-state index in [1.807, 2.05) is 0 Å². The fraction of sp³-hybridized carbons (Fsp3) is 1.00. The van der Waals surface area contributed by atoms with Crippen molar-refractivity contribution in [2.75, 3.05) is 33.2 Å². The minimum atomic E-state index is 0.905. The zero-order valence-electron chi connectivity index (χ0n) is 9.71. The first-order valence-electron chi connectivity index (χ1n) is 6.22. The Bertz CT molecular complexity index is 173. The molecule has 2 fully saturated rings. The zero-order chi connectivity index (χ0) is 9.97. The standard InChI is InChI=1S/C12H24N2/c1-3-11-4-9-14(10-11)12-5-7-13(2)8-6-12/h11-12H,3-10H2,1-2H3. The third kappa shape index (κ3) is 2.29. The maximum Gasteiger partial charge on any atom is 0.0120 e. The number of nitrogens with zero attached hydrogens (tertiary/aromatic N) is 2. The number of likely N-dealkylation sites (tertiary alicyclic amines) is 2. The summed E-state index contributed by atoms with van der Waals surface area (Å²) in [5.41, 5.74) is 0. The summed E-state index contributed by atoms with van der Waals surface area (Å²) in [6, 6.07) is 0.905. The van der Waals surface area contributed by atoms with Gasteiger partial charge < -0.3 is 9.80 Å². The van der Waals surface area contributed by atoms with Gasteiger partial charge in [0.15, 0.2) is 0 Å². The summed E-state index contributed by atoms with van der Waals surface area (Å²) in [5, 5.41) is 0.